The number of rotatable bonds is 3. The molecule has 0 unspecified atom stereocenters. The third kappa shape index (κ3) is 2.43. The number of ether oxygens (including phenoxy) is 1. The highest BCUT2D eigenvalue weighted by Gasteiger charge is 2.52. The number of hydrogen-bond donors (Lipinski definition) is 1. The molecule has 140 valence electrons. The topological polar surface area (TPSA) is 37.9 Å². The summed E-state index contributed by atoms with van der Waals surface area (Å²) in [6.07, 6.45) is 15.0. The minimum atomic E-state index is 0.336. The zero-order valence-electron chi connectivity index (χ0n) is 16.1. The first-order valence-corrected chi connectivity index (χ1v) is 10.7. The molecule has 3 nitrogen and oxygen atoms in total. The van der Waals surface area contributed by atoms with E-state index in [1.807, 2.05) is 7.11 Å². The molecule has 0 spiro atoms. The molecule has 1 aromatic carbocycles. The van der Waals surface area contributed by atoms with E-state index in [-0.39, 0.29) is 0 Å². The fraction of sp³-hybridized carbons (Fsp3) is 0.542. The van der Waals surface area contributed by atoms with Gasteiger partial charge in [0.05, 0.1) is 18.5 Å². The highest BCUT2D eigenvalue weighted by Crippen LogP contribution is 2.62. The van der Waals surface area contributed by atoms with E-state index in [1.54, 1.807) is 0 Å². The number of aromatic amines is 1. The van der Waals surface area contributed by atoms with E-state index in [9.17, 15) is 0 Å². The lowest BCUT2D eigenvalue weighted by Crippen LogP contribution is -2.48. The summed E-state index contributed by atoms with van der Waals surface area (Å²) in [5.41, 5.74) is 5.39. The Balaban J connectivity index is 1.45. The second kappa shape index (κ2) is 5.73. The van der Waals surface area contributed by atoms with Gasteiger partial charge in [-0.25, -0.2) is 4.98 Å². The third-order valence-corrected chi connectivity index (χ3v) is 7.73. The first kappa shape index (κ1) is 16.0. The standard InChI is InChI=1S/C24H28N2O/c1-27-22-7-6-18(23-25-20-4-2-3-5-21(20)26-23)11-19(22)24-12-15-8-16(13-24)10-17(9-15)14-24/h2,4,6-7,11,15-17H,3,5,8-10,12-14H2,1H3,(H,25,26). The SMILES string of the molecule is COc1ccc(-c2nc3c([nH]2)C=CCC3)cc1C12CC3CC(CC(C3)C1)C2. The van der Waals surface area contributed by atoms with E-state index in [4.69, 9.17) is 9.72 Å². The molecule has 5 aliphatic carbocycles. The third-order valence-electron chi connectivity index (χ3n) is 7.73. The molecular weight excluding hydrogens is 332 g/mol. The van der Waals surface area contributed by atoms with Gasteiger partial charge in [-0.3, -0.25) is 0 Å². The smallest absolute Gasteiger partial charge is 0.138 e. The van der Waals surface area contributed by atoms with Crippen LogP contribution < -0.4 is 4.74 Å². The number of benzene rings is 1. The van der Waals surface area contributed by atoms with Gasteiger partial charge >= 0.3 is 0 Å². The molecule has 4 bridgehead atoms. The van der Waals surface area contributed by atoms with Crippen LogP contribution in [0.4, 0.5) is 0 Å². The summed E-state index contributed by atoms with van der Waals surface area (Å²) in [6.45, 7) is 0. The summed E-state index contributed by atoms with van der Waals surface area (Å²) in [7, 11) is 1.83. The van der Waals surface area contributed by atoms with E-state index < -0.39 is 0 Å². The molecule has 4 saturated carbocycles. The maximum absolute atomic E-state index is 5.87. The van der Waals surface area contributed by atoms with Crippen molar-refractivity contribution in [1.82, 2.24) is 9.97 Å². The molecule has 0 aliphatic heterocycles. The van der Waals surface area contributed by atoms with Gasteiger partial charge in [0.15, 0.2) is 0 Å². The van der Waals surface area contributed by atoms with Gasteiger partial charge in [0.25, 0.3) is 0 Å². The zero-order chi connectivity index (χ0) is 18.0. The number of nitrogens with zero attached hydrogens (tertiary/aromatic N) is 1. The van der Waals surface area contributed by atoms with Crippen LogP contribution in [0.1, 0.15) is 61.9 Å². The molecule has 0 atom stereocenters. The Morgan fingerprint density at radius 1 is 1.07 bits per heavy atom. The lowest BCUT2D eigenvalue weighted by atomic mass is 9.48. The molecule has 4 fully saturated rings. The lowest BCUT2D eigenvalue weighted by molar-refractivity contribution is -0.00613. The van der Waals surface area contributed by atoms with Crippen LogP contribution in [0.5, 0.6) is 5.75 Å². The second-order valence-corrected chi connectivity index (χ2v) is 9.50. The first-order valence-electron chi connectivity index (χ1n) is 10.7. The van der Waals surface area contributed by atoms with Crippen LogP contribution in [-0.2, 0) is 11.8 Å². The molecule has 0 amide bonds. The molecule has 0 saturated heterocycles. The number of H-pyrrole nitrogens is 1. The number of hydrogen-bond acceptors (Lipinski definition) is 2. The molecule has 5 aliphatic rings. The Labute approximate surface area is 161 Å². The Morgan fingerprint density at radius 3 is 2.48 bits per heavy atom. The van der Waals surface area contributed by atoms with Gasteiger partial charge in [-0.05, 0) is 98.8 Å². The van der Waals surface area contributed by atoms with Crippen molar-refractivity contribution in [3.8, 4) is 17.1 Å². The quantitative estimate of drug-likeness (QED) is 0.783. The molecule has 2 aromatic rings. The number of fused-ring (bicyclic) bond motifs is 1. The van der Waals surface area contributed by atoms with Crippen molar-refractivity contribution < 1.29 is 4.74 Å². The Bertz CT molecular complexity index is 887. The molecule has 1 aromatic heterocycles. The number of imidazole rings is 1. The number of aryl methyl sites for hydroxylation is 1. The maximum Gasteiger partial charge on any atom is 0.138 e. The van der Waals surface area contributed by atoms with Crippen LogP contribution in [-0.4, -0.2) is 17.1 Å². The molecule has 1 heterocycles. The fourth-order valence-corrected chi connectivity index (χ4v) is 7.02. The summed E-state index contributed by atoms with van der Waals surface area (Å²) in [6, 6.07) is 6.76. The Morgan fingerprint density at radius 2 is 1.81 bits per heavy atom. The summed E-state index contributed by atoms with van der Waals surface area (Å²) < 4.78 is 5.87. The van der Waals surface area contributed by atoms with Gasteiger partial charge in [0, 0.05) is 11.1 Å². The monoisotopic (exact) mass is 360 g/mol. The minimum absolute atomic E-state index is 0.336. The number of nitrogens with one attached hydrogen (secondary N) is 1. The number of allylic oxidation sites excluding steroid dienone is 1. The highest BCUT2D eigenvalue weighted by atomic mass is 16.5. The van der Waals surface area contributed by atoms with Gasteiger partial charge in [-0.15, -0.1) is 0 Å². The van der Waals surface area contributed by atoms with Crippen LogP contribution in [0.25, 0.3) is 17.5 Å². The van der Waals surface area contributed by atoms with E-state index >= 15 is 0 Å². The zero-order valence-corrected chi connectivity index (χ0v) is 16.1. The van der Waals surface area contributed by atoms with Crippen LogP contribution in [0, 0.1) is 17.8 Å². The minimum Gasteiger partial charge on any atom is -0.496 e. The fourth-order valence-electron chi connectivity index (χ4n) is 7.02. The predicted octanol–water partition coefficient (Wildman–Crippen LogP) is 5.51. The van der Waals surface area contributed by atoms with Crippen molar-refractivity contribution in [1.29, 1.82) is 0 Å². The first-order chi connectivity index (χ1) is 13.2. The van der Waals surface area contributed by atoms with Crippen molar-refractivity contribution >= 4 is 6.08 Å². The van der Waals surface area contributed by atoms with Gasteiger partial charge in [-0.1, -0.05) is 6.08 Å². The largest absolute Gasteiger partial charge is 0.496 e. The highest BCUT2D eigenvalue weighted by molar-refractivity contribution is 5.64. The average molecular weight is 361 g/mol. The molecular formula is C24H28N2O. The van der Waals surface area contributed by atoms with Gasteiger partial charge in [0.1, 0.15) is 11.6 Å². The summed E-state index contributed by atoms with van der Waals surface area (Å²) in [4.78, 5) is 8.47. The maximum atomic E-state index is 5.87. The molecule has 7 rings (SSSR count). The molecule has 0 radical (unpaired) electrons. The van der Waals surface area contributed by atoms with Crippen molar-refractivity contribution in [3.05, 3.63) is 41.2 Å². The van der Waals surface area contributed by atoms with Crippen molar-refractivity contribution in [2.45, 2.75) is 56.8 Å². The average Bonchev–Trinajstić information content (AvgIpc) is 3.11. The van der Waals surface area contributed by atoms with Crippen molar-refractivity contribution in [2.24, 2.45) is 17.8 Å². The van der Waals surface area contributed by atoms with Crippen LogP contribution in [0.3, 0.4) is 0 Å². The Hall–Kier alpha value is -2.03. The van der Waals surface area contributed by atoms with E-state index in [2.05, 4.69) is 35.3 Å². The van der Waals surface area contributed by atoms with E-state index in [0.29, 0.717) is 5.41 Å². The van der Waals surface area contributed by atoms with Gasteiger partial charge in [0.2, 0.25) is 0 Å². The lowest BCUT2D eigenvalue weighted by Gasteiger charge is -2.57. The molecule has 27 heavy (non-hydrogen) atoms. The second-order valence-electron chi connectivity index (χ2n) is 9.50. The summed E-state index contributed by atoms with van der Waals surface area (Å²) in [5.74, 6) is 4.90. The van der Waals surface area contributed by atoms with E-state index in [0.717, 1.165) is 42.2 Å². The van der Waals surface area contributed by atoms with Crippen LogP contribution in [0.15, 0.2) is 24.3 Å². The summed E-state index contributed by atoms with van der Waals surface area (Å²) in [5, 5.41) is 0. The Kier molecular flexibility index (Phi) is 3.39. The molecule has 1 N–H and O–H groups in total. The van der Waals surface area contributed by atoms with Gasteiger partial charge in [-0.2, -0.15) is 0 Å². The van der Waals surface area contributed by atoms with Crippen molar-refractivity contribution in [2.75, 3.05) is 7.11 Å². The normalized spacial score (nSPS) is 33.3. The van der Waals surface area contributed by atoms with Crippen LogP contribution in [0.2, 0.25) is 0 Å². The number of aromatic nitrogens is 2. The van der Waals surface area contributed by atoms with Gasteiger partial charge < -0.3 is 9.72 Å². The molecule has 3 heteroatoms. The van der Waals surface area contributed by atoms with Crippen molar-refractivity contribution in [3.63, 3.8) is 0 Å². The van der Waals surface area contributed by atoms with Crippen LogP contribution >= 0.6 is 0 Å². The number of methoxy groups -OCH3 is 1. The predicted molar refractivity (Wildman–Crippen MR) is 108 cm³/mol. The van der Waals surface area contributed by atoms with E-state index in [1.165, 1.54) is 61.0 Å². The summed E-state index contributed by atoms with van der Waals surface area (Å²) >= 11 is 0.